The van der Waals surface area contributed by atoms with Gasteiger partial charge in [-0.25, -0.2) is 0 Å². The molecule has 0 spiro atoms. The van der Waals surface area contributed by atoms with Crippen molar-refractivity contribution in [3.63, 3.8) is 0 Å². The summed E-state index contributed by atoms with van der Waals surface area (Å²) in [5.74, 6) is -0.240. The number of nitrogens with zero attached hydrogens (tertiary/aromatic N) is 2. The van der Waals surface area contributed by atoms with Crippen LogP contribution in [0.3, 0.4) is 0 Å². The van der Waals surface area contributed by atoms with Gasteiger partial charge in [0.15, 0.2) is 0 Å². The molecule has 5 nitrogen and oxygen atoms in total. The largest absolute Gasteiger partial charge is 0.389 e. The smallest absolute Gasteiger partial charge is 0.273 e. The third-order valence-electron chi connectivity index (χ3n) is 3.00. The number of nitrogens with one attached hydrogen (secondary N) is 1. The molecule has 0 aliphatic heterocycles. The van der Waals surface area contributed by atoms with Gasteiger partial charge in [0.1, 0.15) is 10.7 Å². The number of carbonyl (C=O) groups is 1. The maximum absolute atomic E-state index is 12.3. The zero-order valence-electron chi connectivity index (χ0n) is 11.6. The average Bonchev–Trinajstić information content (AvgIpc) is 2.68. The fourth-order valence-corrected chi connectivity index (χ4v) is 2.38. The van der Waals surface area contributed by atoms with Gasteiger partial charge in [-0.05, 0) is 31.5 Å². The summed E-state index contributed by atoms with van der Waals surface area (Å²) in [7, 11) is 1.73. The Labute approximate surface area is 122 Å². The van der Waals surface area contributed by atoms with Crippen LogP contribution in [0, 0.1) is 13.8 Å². The molecule has 0 saturated carbocycles. The molecule has 1 aromatic carbocycles. The lowest BCUT2D eigenvalue weighted by atomic mass is 10.1. The second-order valence-corrected chi connectivity index (χ2v) is 5.05. The lowest BCUT2D eigenvalue weighted by Crippen LogP contribution is -2.20. The number of aryl methyl sites for hydroxylation is 3. The molecule has 1 heterocycles. The molecule has 20 heavy (non-hydrogen) atoms. The van der Waals surface area contributed by atoms with Crippen molar-refractivity contribution in [3.8, 4) is 0 Å². The second-order valence-electron chi connectivity index (χ2n) is 4.61. The number of amides is 1. The van der Waals surface area contributed by atoms with E-state index in [4.69, 9.17) is 18.0 Å². The van der Waals surface area contributed by atoms with Gasteiger partial charge in [-0.1, -0.05) is 24.4 Å². The molecule has 2 aromatic rings. The molecular formula is C14H16N4OS. The van der Waals surface area contributed by atoms with Gasteiger partial charge in [0.05, 0.1) is 11.4 Å². The van der Waals surface area contributed by atoms with Crippen LogP contribution in [-0.4, -0.2) is 20.7 Å². The van der Waals surface area contributed by atoms with Crippen molar-refractivity contribution in [2.45, 2.75) is 13.8 Å². The van der Waals surface area contributed by atoms with E-state index in [1.54, 1.807) is 23.9 Å². The molecule has 1 amide bonds. The molecule has 0 atom stereocenters. The van der Waals surface area contributed by atoms with E-state index in [-0.39, 0.29) is 10.9 Å². The minimum absolute atomic E-state index is 0.240. The second kappa shape index (κ2) is 5.42. The molecule has 104 valence electrons. The monoisotopic (exact) mass is 288 g/mol. The SMILES string of the molecule is Cc1cc(C(=O)Nc2cccc(C)c2C(N)=S)n(C)n1. The van der Waals surface area contributed by atoms with E-state index in [1.807, 2.05) is 26.0 Å². The predicted molar refractivity (Wildman–Crippen MR) is 83.0 cm³/mol. The molecule has 0 fully saturated rings. The summed E-state index contributed by atoms with van der Waals surface area (Å²) in [5, 5.41) is 6.99. The summed E-state index contributed by atoms with van der Waals surface area (Å²) < 4.78 is 1.54. The maximum atomic E-state index is 12.3. The van der Waals surface area contributed by atoms with Gasteiger partial charge in [0, 0.05) is 12.6 Å². The van der Waals surface area contributed by atoms with Crippen LogP contribution in [0.1, 0.15) is 27.3 Å². The quantitative estimate of drug-likeness (QED) is 0.846. The molecule has 6 heteroatoms. The summed E-state index contributed by atoms with van der Waals surface area (Å²) >= 11 is 5.05. The Hall–Kier alpha value is -2.21. The first-order valence-electron chi connectivity index (χ1n) is 6.11. The van der Waals surface area contributed by atoms with E-state index >= 15 is 0 Å². The first-order chi connectivity index (χ1) is 9.40. The lowest BCUT2D eigenvalue weighted by Gasteiger charge is -2.12. The van der Waals surface area contributed by atoms with Crippen molar-refractivity contribution < 1.29 is 4.79 Å². The van der Waals surface area contributed by atoms with Crippen LogP contribution < -0.4 is 11.1 Å². The van der Waals surface area contributed by atoms with Gasteiger partial charge >= 0.3 is 0 Å². The third-order valence-corrected chi connectivity index (χ3v) is 3.21. The van der Waals surface area contributed by atoms with Crippen molar-refractivity contribution in [2.75, 3.05) is 5.32 Å². The molecule has 0 radical (unpaired) electrons. The first-order valence-corrected chi connectivity index (χ1v) is 6.52. The van der Waals surface area contributed by atoms with Gasteiger partial charge in [-0.2, -0.15) is 5.10 Å². The Morgan fingerprint density at radius 3 is 2.65 bits per heavy atom. The molecule has 0 bridgehead atoms. The number of nitrogens with two attached hydrogens (primary N) is 1. The highest BCUT2D eigenvalue weighted by Gasteiger charge is 2.15. The summed E-state index contributed by atoms with van der Waals surface area (Å²) in [4.78, 5) is 12.5. The standard InChI is InChI=1S/C14H16N4OS/c1-8-5-4-6-10(12(8)13(15)20)16-14(19)11-7-9(2)17-18(11)3/h4-7H,1-3H3,(H2,15,20)(H,16,19). The lowest BCUT2D eigenvalue weighted by molar-refractivity contribution is 0.101. The van der Waals surface area contributed by atoms with Crippen molar-refractivity contribution in [3.05, 3.63) is 46.8 Å². The number of hydrogen-bond donors (Lipinski definition) is 2. The summed E-state index contributed by atoms with van der Waals surface area (Å²) in [6.45, 7) is 3.74. The number of carbonyl (C=O) groups excluding carboxylic acids is 1. The third kappa shape index (κ3) is 2.70. The van der Waals surface area contributed by atoms with Crippen molar-refractivity contribution in [1.29, 1.82) is 0 Å². The number of benzene rings is 1. The zero-order chi connectivity index (χ0) is 14.9. The summed E-state index contributed by atoms with van der Waals surface area (Å²) in [6, 6.07) is 7.26. The van der Waals surface area contributed by atoms with E-state index < -0.39 is 0 Å². The molecule has 0 unspecified atom stereocenters. The maximum Gasteiger partial charge on any atom is 0.273 e. The summed E-state index contributed by atoms with van der Waals surface area (Å²) in [6.07, 6.45) is 0. The minimum Gasteiger partial charge on any atom is -0.389 e. The molecular weight excluding hydrogens is 272 g/mol. The highest BCUT2D eigenvalue weighted by Crippen LogP contribution is 2.20. The van der Waals surface area contributed by atoms with E-state index in [0.717, 1.165) is 11.3 Å². The average molecular weight is 288 g/mol. The highest BCUT2D eigenvalue weighted by atomic mass is 32.1. The number of anilines is 1. The summed E-state index contributed by atoms with van der Waals surface area (Å²) in [5.41, 5.74) is 9.23. The number of thiocarbonyl (C=S) groups is 1. The molecule has 2 rings (SSSR count). The Kier molecular flexibility index (Phi) is 3.85. The van der Waals surface area contributed by atoms with Crippen molar-refractivity contribution in [2.24, 2.45) is 12.8 Å². The first kappa shape index (κ1) is 14.2. The molecule has 1 aromatic heterocycles. The van der Waals surface area contributed by atoms with Crippen LogP contribution in [0.25, 0.3) is 0 Å². The van der Waals surface area contributed by atoms with Crippen LogP contribution in [0.2, 0.25) is 0 Å². The molecule has 0 aliphatic rings. The van der Waals surface area contributed by atoms with E-state index in [0.29, 0.717) is 16.9 Å². The Morgan fingerprint density at radius 2 is 2.10 bits per heavy atom. The molecule has 3 N–H and O–H groups in total. The fourth-order valence-electron chi connectivity index (χ4n) is 2.11. The Balaban J connectivity index is 2.36. The Bertz CT molecular complexity index is 690. The van der Waals surface area contributed by atoms with Crippen molar-refractivity contribution in [1.82, 2.24) is 9.78 Å². The predicted octanol–water partition coefficient (Wildman–Crippen LogP) is 1.92. The molecule has 0 aliphatic carbocycles. The van der Waals surface area contributed by atoms with Crippen LogP contribution in [-0.2, 0) is 7.05 Å². The normalized spacial score (nSPS) is 10.3. The van der Waals surface area contributed by atoms with Crippen LogP contribution in [0.5, 0.6) is 0 Å². The van der Waals surface area contributed by atoms with Gasteiger partial charge in [0.25, 0.3) is 5.91 Å². The fraction of sp³-hybridized carbons (Fsp3) is 0.214. The molecule has 0 saturated heterocycles. The van der Waals surface area contributed by atoms with E-state index in [1.165, 1.54) is 0 Å². The van der Waals surface area contributed by atoms with Crippen LogP contribution in [0.15, 0.2) is 24.3 Å². The van der Waals surface area contributed by atoms with Gasteiger partial charge < -0.3 is 11.1 Å². The van der Waals surface area contributed by atoms with Crippen molar-refractivity contribution >= 4 is 28.8 Å². The van der Waals surface area contributed by atoms with Gasteiger partial charge in [-0.3, -0.25) is 9.48 Å². The minimum atomic E-state index is -0.240. The van der Waals surface area contributed by atoms with E-state index in [9.17, 15) is 4.79 Å². The zero-order valence-corrected chi connectivity index (χ0v) is 12.4. The van der Waals surface area contributed by atoms with Crippen LogP contribution in [0.4, 0.5) is 5.69 Å². The Morgan fingerprint density at radius 1 is 1.40 bits per heavy atom. The number of rotatable bonds is 3. The highest BCUT2D eigenvalue weighted by molar-refractivity contribution is 7.80. The van der Waals surface area contributed by atoms with E-state index in [2.05, 4.69) is 10.4 Å². The number of aromatic nitrogens is 2. The van der Waals surface area contributed by atoms with Gasteiger partial charge in [0.2, 0.25) is 0 Å². The number of hydrogen-bond acceptors (Lipinski definition) is 3. The topological polar surface area (TPSA) is 72.9 Å². The van der Waals surface area contributed by atoms with Gasteiger partial charge in [-0.15, -0.1) is 0 Å². The van der Waals surface area contributed by atoms with Crippen LogP contribution >= 0.6 is 12.2 Å².